The number of nitrogens with zero attached hydrogens (tertiary/aromatic N) is 3. The van der Waals surface area contributed by atoms with Crippen LogP contribution in [0.4, 0.5) is 17.5 Å². The van der Waals surface area contributed by atoms with Crippen molar-refractivity contribution in [2.45, 2.75) is 32.6 Å². The maximum atomic E-state index is 12.6. The molecular formula is C20H26ClN5O. The van der Waals surface area contributed by atoms with Crippen LogP contribution in [0.15, 0.2) is 24.3 Å². The number of likely N-dealkylation sites (tertiary alicyclic amines) is 1. The fraction of sp³-hybridized carbons (Fsp3) is 0.450. The molecule has 1 aromatic heterocycles. The fourth-order valence-electron chi connectivity index (χ4n) is 3.30. The van der Waals surface area contributed by atoms with Crippen molar-refractivity contribution in [1.82, 2.24) is 14.9 Å². The highest BCUT2D eigenvalue weighted by Crippen LogP contribution is 2.24. The van der Waals surface area contributed by atoms with Crippen LogP contribution in [0.25, 0.3) is 0 Å². The maximum absolute atomic E-state index is 12.6. The molecule has 2 aromatic rings. The number of aryl methyl sites for hydroxylation is 1. The molecule has 1 fully saturated rings. The van der Waals surface area contributed by atoms with Crippen LogP contribution in [0.1, 0.15) is 41.7 Å². The van der Waals surface area contributed by atoms with Crippen LogP contribution in [-0.4, -0.2) is 47.3 Å². The van der Waals surface area contributed by atoms with Gasteiger partial charge in [-0.15, -0.1) is 0 Å². The van der Waals surface area contributed by atoms with E-state index < -0.39 is 0 Å². The molecule has 0 atom stereocenters. The van der Waals surface area contributed by atoms with Crippen molar-refractivity contribution in [3.63, 3.8) is 0 Å². The van der Waals surface area contributed by atoms with Gasteiger partial charge < -0.3 is 15.5 Å². The van der Waals surface area contributed by atoms with Crippen molar-refractivity contribution in [2.24, 2.45) is 0 Å². The third kappa shape index (κ3) is 5.40. The Labute approximate surface area is 165 Å². The summed E-state index contributed by atoms with van der Waals surface area (Å²) in [4.78, 5) is 23.8. The van der Waals surface area contributed by atoms with Crippen molar-refractivity contribution in [3.05, 3.63) is 40.5 Å². The van der Waals surface area contributed by atoms with Crippen LogP contribution >= 0.6 is 11.6 Å². The minimum atomic E-state index is 0.0731. The van der Waals surface area contributed by atoms with E-state index >= 15 is 0 Å². The molecule has 0 radical (unpaired) electrons. The number of aromatic nitrogens is 2. The van der Waals surface area contributed by atoms with Gasteiger partial charge in [-0.1, -0.05) is 11.6 Å². The molecule has 2 heterocycles. The molecule has 0 unspecified atom stereocenters. The third-order valence-electron chi connectivity index (χ3n) is 4.71. The van der Waals surface area contributed by atoms with Crippen LogP contribution in [0.2, 0.25) is 5.02 Å². The zero-order valence-corrected chi connectivity index (χ0v) is 16.6. The number of carbonyl (C=O) groups excluding carboxylic acids is 1. The predicted molar refractivity (Wildman–Crippen MR) is 110 cm³/mol. The summed E-state index contributed by atoms with van der Waals surface area (Å²) in [5, 5.41) is 6.65. The Hall–Kier alpha value is -2.18. The smallest absolute Gasteiger partial charge is 0.229 e. The lowest BCUT2D eigenvalue weighted by Crippen LogP contribution is -2.21. The highest BCUT2D eigenvalue weighted by molar-refractivity contribution is 6.34. The molecule has 2 N–H and O–H groups in total. The van der Waals surface area contributed by atoms with Crippen molar-refractivity contribution >= 4 is 34.8 Å². The molecule has 0 saturated carbocycles. The summed E-state index contributed by atoms with van der Waals surface area (Å²) in [5.41, 5.74) is 2.14. The van der Waals surface area contributed by atoms with Crippen LogP contribution in [-0.2, 0) is 0 Å². The van der Waals surface area contributed by atoms with Gasteiger partial charge in [0.15, 0.2) is 5.78 Å². The minimum Gasteiger partial charge on any atom is -0.373 e. The second kappa shape index (κ2) is 9.15. The summed E-state index contributed by atoms with van der Waals surface area (Å²) in [6, 6.07) is 7.22. The highest BCUT2D eigenvalue weighted by Gasteiger charge is 2.15. The summed E-state index contributed by atoms with van der Waals surface area (Å²) in [6.45, 7) is 5.19. The van der Waals surface area contributed by atoms with Crippen molar-refractivity contribution in [1.29, 1.82) is 0 Å². The second-order valence-corrected chi connectivity index (χ2v) is 7.27. The Bertz CT molecular complexity index is 805. The zero-order valence-electron chi connectivity index (χ0n) is 15.9. The van der Waals surface area contributed by atoms with Crippen LogP contribution in [0.5, 0.6) is 0 Å². The summed E-state index contributed by atoms with van der Waals surface area (Å²) >= 11 is 6.27. The average Bonchev–Trinajstić information content (AvgIpc) is 3.16. The van der Waals surface area contributed by atoms with Gasteiger partial charge in [0.2, 0.25) is 5.95 Å². The van der Waals surface area contributed by atoms with Crippen LogP contribution in [0.3, 0.4) is 0 Å². The summed E-state index contributed by atoms with van der Waals surface area (Å²) in [6.07, 6.45) is 3.90. The normalized spacial score (nSPS) is 14.3. The number of ketones is 1. The largest absolute Gasteiger partial charge is 0.373 e. The summed E-state index contributed by atoms with van der Waals surface area (Å²) in [7, 11) is 1.81. The molecule has 3 rings (SSSR count). The van der Waals surface area contributed by atoms with Gasteiger partial charge in [-0.2, -0.15) is 4.98 Å². The molecule has 0 aliphatic carbocycles. The lowest BCUT2D eigenvalue weighted by Gasteiger charge is -2.14. The number of halogens is 1. The zero-order chi connectivity index (χ0) is 19.2. The molecule has 1 aromatic carbocycles. The first kappa shape index (κ1) is 19.6. The molecule has 6 nitrogen and oxygen atoms in total. The Morgan fingerprint density at radius 2 is 2.00 bits per heavy atom. The molecular weight excluding hydrogens is 362 g/mol. The molecule has 1 saturated heterocycles. The Kier molecular flexibility index (Phi) is 6.63. The number of hydrogen-bond acceptors (Lipinski definition) is 6. The molecule has 144 valence electrons. The lowest BCUT2D eigenvalue weighted by molar-refractivity contribution is 0.0976. The van der Waals surface area contributed by atoms with E-state index in [0.717, 1.165) is 43.3 Å². The molecule has 0 amide bonds. The van der Waals surface area contributed by atoms with Gasteiger partial charge >= 0.3 is 0 Å². The first-order chi connectivity index (χ1) is 13.0. The van der Waals surface area contributed by atoms with E-state index in [9.17, 15) is 4.79 Å². The standard InChI is InChI=1S/C20H26ClN5O/c1-14-12-19(22-2)25-20(23-14)24-15-7-8-17(21)16(13-15)18(27)6-5-11-26-9-3-4-10-26/h7-8,12-13H,3-6,9-11H2,1-2H3,(H2,22,23,24,25). The van der Waals surface area contributed by atoms with E-state index in [2.05, 4.69) is 25.5 Å². The molecule has 0 bridgehead atoms. The molecule has 0 spiro atoms. The summed E-state index contributed by atoms with van der Waals surface area (Å²) in [5.74, 6) is 1.29. The van der Waals surface area contributed by atoms with Crippen LogP contribution < -0.4 is 10.6 Å². The Morgan fingerprint density at radius 3 is 2.74 bits per heavy atom. The van der Waals surface area contributed by atoms with Crippen LogP contribution in [0, 0.1) is 6.92 Å². The first-order valence-corrected chi connectivity index (χ1v) is 9.78. The third-order valence-corrected chi connectivity index (χ3v) is 5.04. The topological polar surface area (TPSA) is 70.2 Å². The number of rotatable bonds is 8. The van der Waals surface area contributed by atoms with E-state index in [4.69, 9.17) is 11.6 Å². The number of Topliss-reactive ketones (excluding diaryl/α,β-unsaturated/α-hetero) is 1. The number of hydrogen-bond donors (Lipinski definition) is 2. The van der Waals surface area contributed by atoms with Crippen molar-refractivity contribution in [3.8, 4) is 0 Å². The molecule has 27 heavy (non-hydrogen) atoms. The fourth-order valence-corrected chi connectivity index (χ4v) is 3.53. The Balaban J connectivity index is 1.66. The first-order valence-electron chi connectivity index (χ1n) is 9.41. The predicted octanol–water partition coefficient (Wildman–Crippen LogP) is 4.28. The minimum absolute atomic E-state index is 0.0731. The monoisotopic (exact) mass is 387 g/mol. The quantitative estimate of drug-likeness (QED) is 0.659. The van der Waals surface area contributed by atoms with Gasteiger partial charge in [0.25, 0.3) is 0 Å². The average molecular weight is 388 g/mol. The van der Waals surface area contributed by atoms with E-state index in [-0.39, 0.29) is 5.78 Å². The lowest BCUT2D eigenvalue weighted by atomic mass is 10.1. The molecule has 7 heteroatoms. The van der Waals surface area contributed by atoms with E-state index in [1.165, 1.54) is 12.8 Å². The van der Waals surface area contributed by atoms with Gasteiger partial charge in [0.05, 0.1) is 5.02 Å². The number of carbonyl (C=O) groups is 1. The van der Waals surface area contributed by atoms with Gasteiger partial charge in [0, 0.05) is 36.5 Å². The van der Waals surface area contributed by atoms with E-state index in [0.29, 0.717) is 23.0 Å². The van der Waals surface area contributed by atoms with Gasteiger partial charge in [-0.25, -0.2) is 4.98 Å². The Morgan fingerprint density at radius 1 is 1.22 bits per heavy atom. The maximum Gasteiger partial charge on any atom is 0.229 e. The van der Waals surface area contributed by atoms with Gasteiger partial charge in [0.1, 0.15) is 5.82 Å². The highest BCUT2D eigenvalue weighted by atomic mass is 35.5. The number of anilines is 3. The van der Waals surface area contributed by atoms with E-state index in [1.54, 1.807) is 12.1 Å². The van der Waals surface area contributed by atoms with Crippen molar-refractivity contribution < 1.29 is 4.79 Å². The second-order valence-electron chi connectivity index (χ2n) is 6.86. The number of nitrogens with one attached hydrogen (secondary N) is 2. The van der Waals surface area contributed by atoms with Gasteiger partial charge in [-0.05, 0) is 64.0 Å². The number of benzene rings is 1. The SMILES string of the molecule is CNc1cc(C)nc(Nc2ccc(Cl)c(C(=O)CCCN3CCCC3)c2)n1. The summed E-state index contributed by atoms with van der Waals surface area (Å²) < 4.78 is 0. The van der Waals surface area contributed by atoms with Gasteiger partial charge in [-0.3, -0.25) is 4.79 Å². The van der Waals surface area contributed by atoms with Crippen molar-refractivity contribution in [2.75, 3.05) is 37.3 Å². The molecule has 1 aliphatic rings. The van der Waals surface area contributed by atoms with E-state index in [1.807, 2.05) is 26.1 Å². The molecule has 1 aliphatic heterocycles.